The van der Waals surface area contributed by atoms with Gasteiger partial charge in [-0.3, -0.25) is 4.98 Å². The van der Waals surface area contributed by atoms with E-state index >= 15 is 0 Å². The van der Waals surface area contributed by atoms with Crippen LogP contribution in [-0.2, 0) is 10.2 Å². The number of urea groups is 1. The first-order valence-electron chi connectivity index (χ1n) is 14.3. The highest BCUT2D eigenvalue weighted by molar-refractivity contribution is 6.36. The molecule has 0 bridgehead atoms. The van der Waals surface area contributed by atoms with E-state index in [1.165, 1.54) is 12.1 Å². The van der Waals surface area contributed by atoms with Crippen LogP contribution < -0.4 is 5.32 Å². The van der Waals surface area contributed by atoms with E-state index in [1.54, 1.807) is 41.4 Å². The Hall–Kier alpha value is -3.76. The first kappa shape index (κ1) is 33.1. The third-order valence-corrected chi connectivity index (χ3v) is 7.39. The van der Waals surface area contributed by atoms with Gasteiger partial charge in [-0.25, -0.2) is 19.0 Å². The minimum absolute atomic E-state index is 0.0160. The molecule has 44 heavy (non-hydrogen) atoms. The van der Waals surface area contributed by atoms with E-state index in [4.69, 9.17) is 27.9 Å². The number of anilines is 1. The number of aromatic nitrogens is 2. The molecule has 0 aliphatic carbocycles. The van der Waals surface area contributed by atoms with Crippen molar-refractivity contribution in [1.29, 1.82) is 0 Å². The van der Waals surface area contributed by atoms with Crippen LogP contribution in [0.15, 0.2) is 53.7 Å². The van der Waals surface area contributed by atoms with Crippen molar-refractivity contribution in [1.82, 2.24) is 19.8 Å². The van der Waals surface area contributed by atoms with Crippen molar-refractivity contribution < 1.29 is 18.7 Å². The maximum absolute atomic E-state index is 14.6. The average molecular weight is 644 g/mol. The second kappa shape index (κ2) is 13.1. The Morgan fingerprint density at radius 2 is 1.77 bits per heavy atom. The van der Waals surface area contributed by atoms with Gasteiger partial charge in [0.25, 0.3) is 0 Å². The molecule has 1 aliphatic heterocycles. The number of pyridine rings is 2. The third kappa shape index (κ3) is 7.84. The van der Waals surface area contributed by atoms with Crippen molar-refractivity contribution in [3.8, 4) is 11.3 Å². The first-order chi connectivity index (χ1) is 20.5. The number of carbonyl (C=O) groups excluding carboxylic acids is 2. The third-order valence-electron chi connectivity index (χ3n) is 6.82. The number of carbonyl (C=O) groups is 2. The number of benzene rings is 1. The molecule has 1 atom stereocenters. The molecular weight excluding hydrogens is 606 g/mol. The lowest BCUT2D eigenvalue weighted by atomic mass is 9.90. The highest BCUT2D eigenvalue weighted by Gasteiger charge is 2.33. The van der Waals surface area contributed by atoms with Crippen LogP contribution >= 0.6 is 23.2 Å². The van der Waals surface area contributed by atoms with Crippen LogP contribution in [0.1, 0.15) is 59.7 Å². The number of halogens is 3. The number of hydrogen-bond donors (Lipinski definition) is 1. The molecule has 2 aromatic heterocycles. The van der Waals surface area contributed by atoms with E-state index in [2.05, 4.69) is 20.3 Å². The molecule has 1 N–H and O–H groups in total. The Kier molecular flexibility index (Phi) is 9.85. The van der Waals surface area contributed by atoms with Gasteiger partial charge in [-0.1, -0.05) is 56.1 Å². The monoisotopic (exact) mass is 642 g/mol. The molecule has 3 amide bonds. The van der Waals surface area contributed by atoms with Crippen molar-refractivity contribution in [3.05, 3.63) is 75.9 Å². The lowest BCUT2D eigenvalue weighted by Crippen LogP contribution is -2.56. The first-order valence-corrected chi connectivity index (χ1v) is 15.0. The molecule has 234 valence electrons. The van der Waals surface area contributed by atoms with Crippen LogP contribution in [-0.4, -0.2) is 69.0 Å². The number of nitrogens with zero attached hydrogens (tertiary/aromatic N) is 5. The minimum atomic E-state index is -0.661. The fourth-order valence-corrected chi connectivity index (χ4v) is 5.33. The lowest BCUT2D eigenvalue weighted by molar-refractivity contribution is 0.0134. The summed E-state index contributed by atoms with van der Waals surface area (Å²) in [6.07, 6.45) is 1.24. The number of nitrogens with one attached hydrogen (secondary N) is 1. The molecule has 4 rings (SSSR count). The fourth-order valence-electron chi connectivity index (χ4n) is 4.85. The van der Waals surface area contributed by atoms with Crippen molar-refractivity contribution >= 4 is 46.8 Å². The second-order valence-electron chi connectivity index (χ2n) is 12.6. The Balaban J connectivity index is 1.74. The zero-order valence-corrected chi connectivity index (χ0v) is 27.4. The van der Waals surface area contributed by atoms with E-state index in [0.29, 0.717) is 31.0 Å². The summed E-state index contributed by atoms with van der Waals surface area (Å²) in [5.41, 5.74) is 0.868. The molecular formula is C32H37Cl2FN6O3. The Morgan fingerprint density at radius 1 is 1.07 bits per heavy atom. The zero-order valence-electron chi connectivity index (χ0n) is 25.9. The van der Waals surface area contributed by atoms with Gasteiger partial charge in [-0.2, -0.15) is 4.99 Å². The van der Waals surface area contributed by atoms with Gasteiger partial charge in [-0.15, -0.1) is 0 Å². The lowest BCUT2D eigenvalue weighted by Gasteiger charge is -2.41. The molecule has 1 saturated heterocycles. The number of rotatable bonds is 3. The van der Waals surface area contributed by atoms with Crippen LogP contribution in [0.25, 0.3) is 11.3 Å². The van der Waals surface area contributed by atoms with Crippen LogP contribution in [0.3, 0.4) is 0 Å². The smallest absolute Gasteiger partial charge is 0.410 e. The van der Waals surface area contributed by atoms with Crippen LogP contribution in [0, 0.1) is 5.82 Å². The molecule has 1 fully saturated rings. The number of hydrogen-bond acceptors (Lipinski definition) is 5. The summed E-state index contributed by atoms with van der Waals surface area (Å²) in [6, 6.07) is 10.2. The van der Waals surface area contributed by atoms with Crippen molar-refractivity contribution in [3.63, 3.8) is 0 Å². The van der Waals surface area contributed by atoms with Gasteiger partial charge in [0.2, 0.25) is 0 Å². The van der Waals surface area contributed by atoms with Gasteiger partial charge < -0.3 is 19.9 Å². The van der Waals surface area contributed by atoms with E-state index in [-0.39, 0.29) is 44.3 Å². The molecule has 12 heteroatoms. The number of aliphatic imine (C=N–C) groups is 1. The summed E-state index contributed by atoms with van der Waals surface area (Å²) in [6.45, 7) is 14.2. The Morgan fingerprint density at radius 3 is 2.41 bits per heavy atom. The minimum Gasteiger partial charge on any atom is -0.444 e. The zero-order chi connectivity index (χ0) is 32.4. The van der Waals surface area contributed by atoms with Crippen LogP contribution in [0.2, 0.25) is 10.2 Å². The fraction of sp³-hybridized carbons (Fsp3) is 0.406. The molecule has 1 unspecified atom stereocenters. The standard InChI is InChI=1S/C32H37Cl2FN6O3/c1-19-18-40(30(43)44-32(5,6)7)15-16-41(19)28(39-29(42)37-24-13-10-14-36-26(24)31(2,3)4)21-17-22(33)25(38-27(21)34)20-11-8-9-12-23(20)35/h8-14,17,19H,15-16,18H2,1-7H3,(H,37,42). The molecule has 1 aromatic carbocycles. The highest BCUT2D eigenvalue weighted by Crippen LogP contribution is 2.33. The van der Waals surface area contributed by atoms with E-state index in [0.717, 1.165) is 0 Å². The van der Waals surface area contributed by atoms with Crippen molar-refractivity contribution in [2.45, 2.75) is 65.5 Å². The topological polar surface area (TPSA) is 100 Å². The Labute approximate surface area is 267 Å². The number of amidine groups is 1. The maximum Gasteiger partial charge on any atom is 0.410 e. The number of ether oxygens (including phenoxy) is 1. The second-order valence-corrected chi connectivity index (χ2v) is 13.4. The van der Waals surface area contributed by atoms with Crippen LogP contribution in [0.4, 0.5) is 19.7 Å². The molecule has 0 radical (unpaired) electrons. The molecule has 3 aromatic rings. The van der Waals surface area contributed by atoms with Gasteiger partial charge in [0.05, 0.1) is 27.7 Å². The molecule has 0 saturated carbocycles. The van der Waals surface area contributed by atoms with Crippen LogP contribution in [0.5, 0.6) is 0 Å². The summed E-state index contributed by atoms with van der Waals surface area (Å²) in [5, 5.41) is 2.97. The number of piperazine rings is 1. The normalized spacial score (nSPS) is 16.1. The van der Waals surface area contributed by atoms with E-state index in [1.807, 2.05) is 53.4 Å². The average Bonchev–Trinajstić information content (AvgIpc) is 2.92. The summed E-state index contributed by atoms with van der Waals surface area (Å²) in [7, 11) is 0. The van der Waals surface area contributed by atoms with E-state index < -0.39 is 23.5 Å². The van der Waals surface area contributed by atoms with E-state index in [9.17, 15) is 14.0 Å². The van der Waals surface area contributed by atoms with Gasteiger partial charge in [-0.05, 0) is 58.0 Å². The van der Waals surface area contributed by atoms with Gasteiger partial charge in [0.15, 0.2) is 0 Å². The largest absolute Gasteiger partial charge is 0.444 e. The predicted molar refractivity (Wildman–Crippen MR) is 172 cm³/mol. The summed E-state index contributed by atoms with van der Waals surface area (Å²) in [5.74, 6) is -0.295. The molecule has 9 nitrogen and oxygen atoms in total. The molecule has 3 heterocycles. The quantitative estimate of drug-likeness (QED) is 0.178. The summed E-state index contributed by atoms with van der Waals surface area (Å²) in [4.78, 5) is 43.1. The van der Waals surface area contributed by atoms with Gasteiger partial charge in [0.1, 0.15) is 22.4 Å². The summed E-state index contributed by atoms with van der Waals surface area (Å²) >= 11 is 13.4. The maximum atomic E-state index is 14.6. The van der Waals surface area contributed by atoms with Crippen molar-refractivity contribution in [2.24, 2.45) is 4.99 Å². The molecule has 0 spiro atoms. The van der Waals surface area contributed by atoms with Crippen molar-refractivity contribution in [2.75, 3.05) is 25.0 Å². The SMILES string of the molecule is CC1CN(C(=O)OC(C)(C)C)CCN1C(=NC(=O)Nc1cccnc1C(C)(C)C)c1cc(Cl)c(-c2ccccc2F)nc1Cl. The number of amides is 3. The Bertz CT molecular complexity index is 1580. The predicted octanol–water partition coefficient (Wildman–Crippen LogP) is 7.81. The summed E-state index contributed by atoms with van der Waals surface area (Å²) < 4.78 is 20.2. The van der Waals surface area contributed by atoms with Gasteiger partial charge >= 0.3 is 12.1 Å². The van der Waals surface area contributed by atoms with Gasteiger partial charge in [0, 0.05) is 42.9 Å². The molecule has 1 aliphatic rings. The highest BCUT2D eigenvalue weighted by atomic mass is 35.5.